The molecule has 2 amide bonds. The van der Waals surface area contributed by atoms with E-state index in [0.29, 0.717) is 22.9 Å². The second-order valence-electron chi connectivity index (χ2n) is 4.75. The maximum Gasteiger partial charge on any atom is 0.269 e. The molecule has 2 aromatic carbocycles. The van der Waals surface area contributed by atoms with Crippen molar-refractivity contribution in [3.05, 3.63) is 70.8 Å². The van der Waals surface area contributed by atoms with E-state index in [1.165, 1.54) is 6.08 Å². The van der Waals surface area contributed by atoms with Crippen molar-refractivity contribution in [1.29, 1.82) is 0 Å². The molecule has 0 saturated heterocycles. The Balaban J connectivity index is 1.91. The zero-order valence-electron chi connectivity index (χ0n) is 13.1. The van der Waals surface area contributed by atoms with Crippen LogP contribution in [0.1, 0.15) is 22.8 Å². The molecule has 0 saturated carbocycles. The van der Waals surface area contributed by atoms with Crippen LogP contribution in [0.3, 0.4) is 0 Å². The molecule has 24 heavy (non-hydrogen) atoms. The summed E-state index contributed by atoms with van der Waals surface area (Å²) in [5.41, 5.74) is 5.82. The van der Waals surface area contributed by atoms with Gasteiger partial charge in [-0.05, 0) is 43.3 Å². The number of rotatable bonds is 5. The summed E-state index contributed by atoms with van der Waals surface area (Å²) in [6.07, 6.45) is 2.94. The fraction of sp³-hybridized carbons (Fsp3) is 0.111. The molecule has 2 aromatic rings. The minimum absolute atomic E-state index is 0.394. The summed E-state index contributed by atoms with van der Waals surface area (Å²) < 4.78 is 5.47. The lowest BCUT2D eigenvalue weighted by Crippen LogP contribution is -2.40. The average Bonchev–Trinajstić information content (AvgIpc) is 2.60. The Morgan fingerprint density at radius 1 is 1.08 bits per heavy atom. The molecule has 0 aliphatic carbocycles. The van der Waals surface area contributed by atoms with E-state index in [0.717, 1.165) is 5.56 Å². The minimum Gasteiger partial charge on any atom is -0.493 e. The maximum absolute atomic E-state index is 11.9. The van der Waals surface area contributed by atoms with Gasteiger partial charge in [-0.25, -0.2) is 0 Å². The van der Waals surface area contributed by atoms with Crippen LogP contribution in [-0.4, -0.2) is 18.4 Å². The molecule has 0 aromatic heterocycles. The van der Waals surface area contributed by atoms with Gasteiger partial charge in [0, 0.05) is 22.2 Å². The van der Waals surface area contributed by atoms with Gasteiger partial charge in [0.2, 0.25) is 0 Å². The van der Waals surface area contributed by atoms with E-state index in [2.05, 4.69) is 10.9 Å². The lowest BCUT2D eigenvalue weighted by molar-refractivity contribution is -0.117. The van der Waals surface area contributed by atoms with Crippen LogP contribution < -0.4 is 15.6 Å². The van der Waals surface area contributed by atoms with Crippen molar-refractivity contribution in [2.45, 2.75) is 6.92 Å². The fourth-order valence-corrected chi connectivity index (χ4v) is 2.03. The smallest absolute Gasteiger partial charge is 0.269 e. The molecule has 0 radical (unpaired) electrons. The van der Waals surface area contributed by atoms with E-state index in [4.69, 9.17) is 16.3 Å². The predicted molar refractivity (Wildman–Crippen MR) is 93.7 cm³/mol. The van der Waals surface area contributed by atoms with Crippen LogP contribution in [-0.2, 0) is 4.79 Å². The number of ether oxygens (including phenoxy) is 1. The Kier molecular flexibility index (Phi) is 6.40. The molecule has 0 aliphatic heterocycles. The molecule has 0 spiro atoms. The highest BCUT2D eigenvalue weighted by atomic mass is 35.5. The second kappa shape index (κ2) is 8.74. The molecule has 5 nitrogen and oxygen atoms in total. The first-order valence-electron chi connectivity index (χ1n) is 7.36. The van der Waals surface area contributed by atoms with E-state index in [9.17, 15) is 9.59 Å². The third-order valence-electron chi connectivity index (χ3n) is 3.04. The summed E-state index contributed by atoms with van der Waals surface area (Å²) in [7, 11) is 0. The van der Waals surface area contributed by atoms with Gasteiger partial charge in [0.1, 0.15) is 5.75 Å². The number of carbonyl (C=O) groups is 2. The Morgan fingerprint density at radius 2 is 1.79 bits per heavy atom. The molecule has 124 valence electrons. The number of hydrogen-bond acceptors (Lipinski definition) is 3. The SMILES string of the molecule is CCOc1ccccc1/C=C/C(=O)NNC(=O)c1ccc(Cl)cc1. The van der Waals surface area contributed by atoms with E-state index >= 15 is 0 Å². The van der Waals surface area contributed by atoms with Crippen LogP contribution in [0.5, 0.6) is 5.75 Å². The Labute approximate surface area is 145 Å². The van der Waals surface area contributed by atoms with Gasteiger partial charge in [-0.2, -0.15) is 0 Å². The van der Waals surface area contributed by atoms with Crippen molar-refractivity contribution >= 4 is 29.5 Å². The molecule has 0 heterocycles. The summed E-state index contributed by atoms with van der Waals surface area (Å²) in [6.45, 7) is 2.42. The summed E-state index contributed by atoms with van der Waals surface area (Å²) in [4.78, 5) is 23.7. The molecule has 6 heteroatoms. The Morgan fingerprint density at radius 3 is 2.50 bits per heavy atom. The third-order valence-corrected chi connectivity index (χ3v) is 3.29. The fourth-order valence-electron chi connectivity index (χ4n) is 1.90. The van der Waals surface area contributed by atoms with Gasteiger partial charge in [0.15, 0.2) is 0 Å². The lowest BCUT2D eigenvalue weighted by Gasteiger charge is -2.07. The zero-order valence-corrected chi connectivity index (χ0v) is 13.8. The molecular formula is C18H17ClN2O3. The van der Waals surface area contributed by atoms with E-state index < -0.39 is 11.8 Å². The molecule has 0 unspecified atom stereocenters. The number of carbonyl (C=O) groups excluding carboxylic acids is 2. The van der Waals surface area contributed by atoms with Crippen LogP contribution in [0, 0.1) is 0 Å². The average molecular weight is 345 g/mol. The number of para-hydroxylation sites is 1. The van der Waals surface area contributed by atoms with Crippen molar-refractivity contribution in [2.75, 3.05) is 6.61 Å². The van der Waals surface area contributed by atoms with Crippen molar-refractivity contribution < 1.29 is 14.3 Å². The summed E-state index contributed by atoms with van der Waals surface area (Å²) in [5, 5.41) is 0.534. The van der Waals surface area contributed by atoms with Crippen LogP contribution >= 0.6 is 11.6 Å². The maximum atomic E-state index is 11.9. The van der Waals surface area contributed by atoms with Gasteiger partial charge in [0.25, 0.3) is 11.8 Å². The van der Waals surface area contributed by atoms with Crippen molar-refractivity contribution in [3.63, 3.8) is 0 Å². The van der Waals surface area contributed by atoms with Gasteiger partial charge in [-0.3, -0.25) is 20.4 Å². The topological polar surface area (TPSA) is 67.4 Å². The van der Waals surface area contributed by atoms with Crippen molar-refractivity contribution in [2.24, 2.45) is 0 Å². The number of halogens is 1. The minimum atomic E-state index is -0.455. The summed E-state index contributed by atoms with van der Waals surface area (Å²) in [6, 6.07) is 13.7. The molecular weight excluding hydrogens is 328 g/mol. The first-order chi connectivity index (χ1) is 11.6. The Hall–Kier alpha value is -2.79. The third kappa shape index (κ3) is 5.14. The standard InChI is InChI=1S/C18H17ClN2O3/c1-2-24-16-6-4-3-5-13(16)9-12-17(22)20-21-18(23)14-7-10-15(19)11-8-14/h3-12H,2H2,1H3,(H,20,22)(H,21,23)/b12-9+. The number of hydrazine groups is 1. The van der Waals surface area contributed by atoms with Crippen molar-refractivity contribution in [1.82, 2.24) is 10.9 Å². The first kappa shape index (κ1) is 17.6. The zero-order chi connectivity index (χ0) is 17.4. The first-order valence-corrected chi connectivity index (χ1v) is 7.73. The highest BCUT2D eigenvalue weighted by molar-refractivity contribution is 6.30. The largest absolute Gasteiger partial charge is 0.493 e. The van der Waals surface area contributed by atoms with Gasteiger partial charge < -0.3 is 4.74 Å². The van der Waals surface area contributed by atoms with Gasteiger partial charge >= 0.3 is 0 Å². The molecule has 0 aliphatic rings. The molecule has 2 rings (SSSR count). The highest BCUT2D eigenvalue weighted by Crippen LogP contribution is 2.19. The summed E-state index contributed by atoms with van der Waals surface area (Å²) in [5.74, 6) is -0.194. The van der Waals surface area contributed by atoms with Crippen LogP contribution in [0.15, 0.2) is 54.6 Å². The quantitative estimate of drug-likeness (QED) is 0.646. The van der Waals surface area contributed by atoms with E-state index in [1.54, 1.807) is 30.3 Å². The number of nitrogens with one attached hydrogen (secondary N) is 2. The van der Waals surface area contributed by atoms with E-state index in [1.807, 2.05) is 31.2 Å². The van der Waals surface area contributed by atoms with Crippen LogP contribution in [0.4, 0.5) is 0 Å². The van der Waals surface area contributed by atoms with E-state index in [-0.39, 0.29) is 0 Å². The van der Waals surface area contributed by atoms with Gasteiger partial charge in [0.05, 0.1) is 6.61 Å². The Bertz CT molecular complexity index is 742. The van der Waals surface area contributed by atoms with Gasteiger partial charge in [-0.1, -0.05) is 29.8 Å². The van der Waals surface area contributed by atoms with Crippen LogP contribution in [0.25, 0.3) is 6.08 Å². The monoisotopic (exact) mass is 344 g/mol. The molecule has 0 atom stereocenters. The van der Waals surface area contributed by atoms with Crippen LogP contribution in [0.2, 0.25) is 5.02 Å². The van der Waals surface area contributed by atoms with Crippen molar-refractivity contribution in [3.8, 4) is 5.75 Å². The molecule has 2 N–H and O–H groups in total. The second-order valence-corrected chi connectivity index (χ2v) is 5.19. The highest BCUT2D eigenvalue weighted by Gasteiger charge is 2.06. The lowest BCUT2D eigenvalue weighted by atomic mass is 10.2. The van der Waals surface area contributed by atoms with Gasteiger partial charge in [-0.15, -0.1) is 0 Å². The number of amides is 2. The summed E-state index contributed by atoms with van der Waals surface area (Å²) >= 11 is 5.76. The molecule has 0 fully saturated rings. The predicted octanol–water partition coefficient (Wildman–Crippen LogP) is 3.21. The number of benzene rings is 2. The number of hydrogen-bond donors (Lipinski definition) is 2. The normalized spacial score (nSPS) is 10.4. The molecule has 0 bridgehead atoms.